The van der Waals surface area contributed by atoms with Crippen molar-refractivity contribution in [3.8, 4) is 11.3 Å². The van der Waals surface area contributed by atoms with Crippen molar-refractivity contribution in [1.29, 1.82) is 0 Å². The summed E-state index contributed by atoms with van der Waals surface area (Å²) in [6, 6.07) is 17.8. The first kappa shape index (κ1) is 23.9. The van der Waals surface area contributed by atoms with Crippen LogP contribution >= 0.6 is 0 Å². The second kappa shape index (κ2) is 11.3. The van der Waals surface area contributed by atoms with Gasteiger partial charge in [-0.15, -0.1) is 0 Å². The normalized spacial score (nSPS) is 14.3. The Balaban J connectivity index is 1.45. The number of nitrogens with zero attached hydrogens (tertiary/aromatic N) is 2. The molecule has 1 saturated carbocycles. The van der Waals surface area contributed by atoms with E-state index >= 15 is 0 Å². The van der Waals surface area contributed by atoms with E-state index in [1.165, 1.54) is 39.0 Å². The molecule has 0 atom stereocenters. The van der Waals surface area contributed by atoms with Crippen LogP contribution in [0.3, 0.4) is 0 Å². The second-order valence-electron chi connectivity index (χ2n) is 9.21. The molecule has 2 amide bonds. The zero-order valence-corrected chi connectivity index (χ0v) is 20.1. The van der Waals surface area contributed by atoms with E-state index in [1.54, 1.807) is 0 Å². The van der Waals surface area contributed by atoms with Crippen molar-refractivity contribution in [1.82, 2.24) is 15.2 Å². The highest BCUT2D eigenvalue weighted by atomic mass is 16.2. The molecule has 6 nitrogen and oxygen atoms in total. The lowest BCUT2D eigenvalue weighted by molar-refractivity contribution is -0.114. The van der Waals surface area contributed by atoms with E-state index < -0.39 is 0 Å². The van der Waals surface area contributed by atoms with E-state index in [0.717, 1.165) is 40.8 Å². The van der Waals surface area contributed by atoms with Gasteiger partial charge in [0, 0.05) is 36.1 Å². The number of amides is 2. The average Bonchev–Trinajstić information content (AvgIpc) is 2.86. The van der Waals surface area contributed by atoms with Gasteiger partial charge in [0.1, 0.15) is 0 Å². The molecular weight excluding hydrogens is 424 g/mol. The summed E-state index contributed by atoms with van der Waals surface area (Å²) in [5.74, 6) is -0.185. The Morgan fingerprint density at radius 3 is 2.50 bits per heavy atom. The van der Waals surface area contributed by atoms with Crippen LogP contribution in [0, 0.1) is 0 Å². The maximum absolute atomic E-state index is 13.2. The summed E-state index contributed by atoms with van der Waals surface area (Å²) >= 11 is 0. The lowest BCUT2D eigenvalue weighted by atomic mass is 9.94. The molecule has 0 spiro atoms. The fraction of sp³-hybridized carbons (Fsp3) is 0.393. The van der Waals surface area contributed by atoms with E-state index in [2.05, 4.69) is 22.6 Å². The molecule has 0 unspecified atom stereocenters. The van der Waals surface area contributed by atoms with Crippen LogP contribution < -0.4 is 10.6 Å². The number of para-hydroxylation sites is 1. The standard InChI is InChI=1S/C28H34N4O2/c1-20(33)30-22-15-13-21(14-16-22)27-19-25(24-11-6-7-12-26(24)31-27)28(34)29-17-8-18-32(2)23-9-4-3-5-10-23/h6-7,11-16,19,23H,3-5,8-10,17-18H2,1-2H3,(H,29,34)(H,30,33). The van der Waals surface area contributed by atoms with Gasteiger partial charge in [-0.25, -0.2) is 4.98 Å². The van der Waals surface area contributed by atoms with Crippen LogP contribution in [-0.4, -0.2) is 47.9 Å². The third-order valence-electron chi connectivity index (χ3n) is 6.63. The Bertz CT molecular complexity index is 1140. The second-order valence-corrected chi connectivity index (χ2v) is 9.21. The maximum Gasteiger partial charge on any atom is 0.252 e. The largest absolute Gasteiger partial charge is 0.352 e. The molecule has 0 saturated heterocycles. The van der Waals surface area contributed by atoms with Gasteiger partial charge in [-0.05, 0) is 57.1 Å². The predicted octanol–water partition coefficient (Wildman–Crippen LogP) is 5.24. The summed E-state index contributed by atoms with van der Waals surface area (Å²) in [4.78, 5) is 31.7. The van der Waals surface area contributed by atoms with Crippen molar-refractivity contribution in [2.45, 2.75) is 51.5 Å². The molecule has 2 aromatic carbocycles. The summed E-state index contributed by atoms with van der Waals surface area (Å²) < 4.78 is 0. The van der Waals surface area contributed by atoms with Gasteiger partial charge in [-0.2, -0.15) is 0 Å². The monoisotopic (exact) mass is 458 g/mol. The topological polar surface area (TPSA) is 74.3 Å². The number of fused-ring (bicyclic) bond motifs is 1. The van der Waals surface area contributed by atoms with Crippen LogP contribution in [0.25, 0.3) is 22.2 Å². The molecule has 6 heteroatoms. The Labute approximate surface area is 201 Å². The zero-order chi connectivity index (χ0) is 23.9. The molecule has 0 bridgehead atoms. The van der Waals surface area contributed by atoms with Crippen molar-refractivity contribution in [2.75, 3.05) is 25.5 Å². The van der Waals surface area contributed by atoms with Gasteiger partial charge in [0.25, 0.3) is 5.91 Å². The molecule has 0 aliphatic heterocycles. The van der Waals surface area contributed by atoms with Crippen molar-refractivity contribution >= 4 is 28.4 Å². The number of carbonyl (C=O) groups excluding carboxylic acids is 2. The number of pyridine rings is 1. The summed E-state index contributed by atoms with van der Waals surface area (Å²) in [6.45, 7) is 3.12. The molecule has 1 aliphatic rings. The molecular formula is C28H34N4O2. The smallest absolute Gasteiger partial charge is 0.252 e. The molecule has 4 rings (SSSR count). The highest BCUT2D eigenvalue weighted by Crippen LogP contribution is 2.26. The third-order valence-corrected chi connectivity index (χ3v) is 6.63. The minimum Gasteiger partial charge on any atom is -0.352 e. The van der Waals surface area contributed by atoms with Crippen LogP contribution in [0.4, 0.5) is 5.69 Å². The summed E-state index contributed by atoms with van der Waals surface area (Å²) in [5, 5.41) is 6.74. The van der Waals surface area contributed by atoms with Crippen molar-refractivity contribution in [3.63, 3.8) is 0 Å². The summed E-state index contributed by atoms with van der Waals surface area (Å²) in [5.41, 5.74) is 3.77. The fourth-order valence-electron chi connectivity index (χ4n) is 4.77. The molecule has 3 aromatic rings. The minimum atomic E-state index is -0.111. The predicted molar refractivity (Wildman–Crippen MR) is 138 cm³/mol. The van der Waals surface area contributed by atoms with Gasteiger partial charge in [-0.3, -0.25) is 9.59 Å². The number of anilines is 1. The number of carbonyl (C=O) groups is 2. The van der Waals surface area contributed by atoms with E-state index in [4.69, 9.17) is 4.98 Å². The Morgan fingerprint density at radius 1 is 1.03 bits per heavy atom. The molecule has 1 aliphatic carbocycles. The van der Waals surface area contributed by atoms with Crippen LogP contribution in [0.2, 0.25) is 0 Å². The van der Waals surface area contributed by atoms with E-state index in [1.807, 2.05) is 54.6 Å². The fourth-order valence-corrected chi connectivity index (χ4v) is 4.77. The Kier molecular flexibility index (Phi) is 7.91. The molecule has 1 aromatic heterocycles. The number of nitrogens with one attached hydrogen (secondary N) is 2. The van der Waals surface area contributed by atoms with Gasteiger partial charge >= 0.3 is 0 Å². The van der Waals surface area contributed by atoms with E-state index in [9.17, 15) is 9.59 Å². The van der Waals surface area contributed by atoms with Gasteiger partial charge in [-0.1, -0.05) is 49.6 Å². The van der Waals surface area contributed by atoms with Gasteiger partial charge < -0.3 is 15.5 Å². The zero-order valence-electron chi connectivity index (χ0n) is 20.1. The Hall–Kier alpha value is -3.25. The third kappa shape index (κ3) is 6.00. The molecule has 0 radical (unpaired) electrons. The number of hydrogen-bond acceptors (Lipinski definition) is 4. The van der Waals surface area contributed by atoms with Crippen LogP contribution in [0.1, 0.15) is 55.8 Å². The van der Waals surface area contributed by atoms with Crippen molar-refractivity contribution < 1.29 is 9.59 Å². The first-order valence-electron chi connectivity index (χ1n) is 12.3. The molecule has 178 valence electrons. The highest BCUT2D eigenvalue weighted by Gasteiger charge is 2.18. The quantitative estimate of drug-likeness (QED) is 0.453. The molecule has 34 heavy (non-hydrogen) atoms. The van der Waals surface area contributed by atoms with Crippen LogP contribution in [-0.2, 0) is 4.79 Å². The van der Waals surface area contributed by atoms with Gasteiger partial charge in [0.05, 0.1) is 16.8 Å². The highest BCUT2D eigenvalue weighted by molar-refractivity contribution is 6.07. The van der Waals surface area contributed by atoms with Crippen molar-refractivity contribution in [3.05, 3.63) is 60.2 Å². The Morgan fingerprint density at radius 2 is 1.76 bits per heavy atom. The summed E-state index contributed by atoms with van der Waals surface area (Å²) in [7, 11) is 2.21. The van der Waals surface area contributed by atoms with E-state index in [0.29, 0.717) is 18.2 Å². The van der Waals surface area contributed by atoms with Crippen LogP contribution in [0.15, 0.2) is 54.6 Å². The molecule has 2 N–H and O–H groups in total. The minimum absolute atomic E-state index is 0.0740. The number of aromatic nitrogens is 1. The number of benzene rings is 2. The SMILES string of the molecule is CC(=O)Nc1ccc(-c2cc(C(=O)NCCCN(C)C3CCCCC3)c3ccccc3n2)cc1. The maximum atomic E-state index is 13.2. The van der Waals surface area contributed by atoms with Crippen molar-refractivity contribution in [2.24, 2.45) is 0 Å². The van der Waals surface area contributed by atoms with Gasteiger partial charge in [0.2, 0.25) is 5.91 Å². The number of rotatable bonds is 8. The molecule has 1 heterocycles. The summed E-state index contributed by atoms with van der Waals surface area (Å²) in [6.07, 6.45) is 7.54. The number of hydrogen-bond donors (Lipinski definition) is 2. The lowest BCUT2D eigenvalue weighted by Gasteiger charge is -2.31. The lowest BCUT2D eigenvalue weighted by Crippen LogP contribution is -2.35. The first-order valence-corrected chi connectivity index (χ1v) is 12.3. The average molecular weight is 459 g/mol. The van der Waals surface area contributed by atoms with Gasteiger partial charge in [0.15, 0.2) is 0 Å². The van der Waals surface area contributed by atoms with E-state index in [-0.39, 0.29) is 11.8 Å². The van der Waals surface area contributed by atoms with Crippen LogP contribution in [0.5, 0.6) is 0 Å². The molecule has 1 fully saturated rings. The first-order chi connectivity index (χ1) is 16.5.